The van der Waals surface area contributed by atoms with Gasteiger partial charge >= 0.3 is 0 Å². The van der Waals surface area contributed by atoms with Crippen molar-refractivity contribution in [2.24, 2.45) is 0 Å². The highest BCUT2D eigenvalue weighted by atomic mass is 16.5. The van der Waals surface area contributed by atoms with Gasteiger partial charge in [0.05, 0.1) is 7.11 Å². The fraction of sp³-hybridized carbons (Fsp3) is 0.400. The molecule has 1 aromatic rings. The molecule has 0 amide bonds. The maximum absolute atomic E-state index is 8.71. The second-order valence-electron chi connectivity index (χ2n) is 2.78. The molecule has 1 N–H and O–H groups in total. The number of aryl methyl sites for hydroxylation is 1. The van der Waals surface area contributed by atoms with Crippen LogP contribution in [0.15, 0.2) is 18.2 Å². The lowest BCUT2D eigenvalue weighted by atomic mass is 10.1. The van der Waals surface area contributed by atoms with E-state index in [1.54, 1.807) is 7.11 Å². The molecular weight excluding hydrogens is 152 g/mol. The predicted molar refractivity (Wildman–Crippen MR) is 48.5 cm³/mol. The van der Waals surface area contributed by atoms with E-state index in [1.807, 2.05) is 25.1 Å². The van der Waals surface area contributed by atoms with Gasteiger partial charge in [0.1, 0.15) is 5.75 Å². The number of aliphatic hydroxyl groups excluding tert-OH is 1. The Morgan fingerprint density at radius 2 is 2.17 bits per heavy atom. The first-order valence-electron chi connectivity index (χ1n) is 4.02. The lowest BCUT2D eigenvalue weighted by Gasteiger charge is -2.06. The molecule has 0 bridgehead atoms. The summed E-state index contributed by atoms with van der Waals surface area (Å²) in [4.78, 5) is 0. The molecule has 0 spiro atoms. The molecule has 0 aliphatic carbocycles. The van der Waals surface area contributed by atoms with E-state index in [0.717, 1.165) is 16.9 Å². The number of hydrogen-bond donors (Lipinski definition) is 1. The molecule has 0 unspecified atom stereocenters. The molecule has 0 fully saturated rings. The van der Waals surface area contributed by atoms with Crippen LogP contribution in [0, 0.1) is 6.92 Å². The van der Waals surface area contributed by atoms with Gasteiger partial charge in [0.25, 0.3) is 0 Å². The number of benzene rings is 1. The molecule has 12 heavy (non-hydrogen) atoms. The third-order valence-corrected chi connectivity index (χ3v) is 1.87. The van der Waals surface area contributed by atoms with Gasteiger partial charge in [-0.3, -0.25) is 0 Å². The molecule has 0 aliphatic heterocycles. The fourth-order valence-electron chi connectivity index (χ4n) is 1.15. The summed E-state index contributed by atoms with van der Waals surface area (Å²) in [5.74, 6) is 0.890. The second-order valence-corrected chi connectivity index (χ2v) is 2.78. The van der Waals surface area contributed by atoms with Gasteiger partial charge in [-0.05, 0) is 30.5 Å². The summed E-state index contributed by atoms with van der Waals surface area (Å²) >= 11 is 0. The number of ether oxygens (including phenoxy) is 1. The molecule has 2 nitrogen and oxygen atoms in total. The van der Waals surface area contributed by atoms with Gasteiger partial charge in [-0.15, -0.1) is 0 Å². The van der Waals surface area contributed by atoms with Crippen molar-refractivity contribution in [3.05, 3.63) is 29.3 Å². The van der Waals surface area contributed by atoms with E-state index in [4.69, 9.17) is 9.84 Å². The molecule has 66 valence electrons. The summed E-state index contributed by atoms with van der Waals surface area (Å²) in [6, 6.07) is 5.98. The quantitative estimate of drug-likeness (QED) is 0.738. The van der Waals surface area contributed by atoms with Gasteiger partial charge in [-0.2, -0.15) is 0 Å². The van der Waals surface area contributed by atoms with Crippen molar-refractivity contribution in [3.8, 4) is 5.75 Å². The highest BCUT2D eigenvalue weighted by molar-refractivity contribution is 5.36. The van der Waals surface area contributed by atoms with Crippen LogP contribution in [0.2, 0.25) is 0 Å². The van der Waals surface area contributed by atoms with Crippen LogP contribution in [0.4, 0.5) is 0 Å². The van der Waals surface area contributed by atoms with Crippen molar-refractivity contribution in [3.63, 3.8) is 0 Å². The number of rotatable bonds is 3. The minimum atomic E-state index is 0.187. The van der Waals surface area contributed by atoms with E-state index < -0.39 is 0 Å². The van der Waals surface area contributed by atoms with Crippen molar-refractivity contribution >= 4 is 0 Å². The van der Waals surface area contributed by atoms with Crippen molar-refractivity contribution in [1.82, 2.24) is 0 Å². The largest absolute Gasteiger partial charge is 0.496 e. The minimum Gasteiger partial charge on any atom is -0.496 e. The Morgan fingerprint density at radius 1 is 1.42 bits per heavy atom. The minimum absolute atomic E-state index is 0.187. The molecule has 0 aromatic heterocycles. The molecular formula is C10H14O2. The monoisotopic (exact) mass is 166 g/mol. The second kappa shape index (κ2) is 4.12. The van der Waals surface area contributed by atoms with Crippen LogP contribution in [0.25, 0.3) is 0 Å². The molecule has 0 atom stereocenters. The summed E-state index contributed by atoms with van der Waals surface area (Å²) in [7, 11) is 1.66. The molecule has 0 saturated heterocycles. The lowest BCUT2D eigenvalue weighted by Crippen LogP contribution is -1.93. The first-order chi connectivity index (χ1) is 5.77. The van der Waals surface area contributed by atoms with Crippen LogP contribution in [-0.2, 0) is 6.42 Å². The summed E-state index contributed by atoms with van der Waals surface area (Å²) in [6.07, 6.45) is 0.691. The van der Waals surface area contributed by atoms with Crippen LogP contribution >= 0.6 is 0 Å². The topological polar surface area (TPSA) is 29.5 Å². The Labute approximate surface area is 72.8 Å². The Kier molecular flexibility index (Phi) is 3.11. The average molecular weight is 166 g/mol. The van der Waals surface area contributed by atoms with Crippen LogP contribution in [0.1, 0.15) is 11.1 Å². The van der Waals surface area contributed by atoms with Crippen molar-refractivity contribution in [2.45, 2.75) is 13.3 Å². The normalized spacial score (nSPS) is 9.92. The summed E-state index contributed by atoms with van der Waals surface area (Å²) < 4.78 is 5.15. The molecule has 1 rings (SSSR count). The van der Waals surface area contributed by atoms with Gasteiger partial charge in [0.15, 0.2) is 0 Å². The van der Waals surface area contributed by atoms with E-state index in [0.29, 0.717) is 6.42 Å². The highest BCUT2D eigenvalue weighted by Gasteiger charge is 1.98. The van der Waals surface area contributed by atoms with Crippen molar-refractivity contribution in [2.75, 3.05) is 13.7 Å². The SMILES string of the molecule is COc1cc(CCO)ccc1C. The third kappa shape index (κ3) is 1.98. The third-order valence-electron chi connectivity index (χ3n) is 1.87. The molecule has 0 heterocycles. The van der Waals surface area contributed by atoms with E-state index in [2.05, 4.69) is 0 Å². The zero-order valence-corrected chi connectivity index (χ0v) is 7.50. The van der Waals surface area contributed by atoms with E-state index >= 15 is 0 Å². The van der Waals surface area contributed by atoms with Crippen molar-refractivity contribution < 1.29 is 9.84 Å². The van der Waals surface area contributed by atoms with Crippen LogP contribution < -0.4 is 4.74 Å². The van der Waals surface area contributed by atoms with Crippen molar-refractivity contribution in [1.29, 1.82) is 0 Å². The van der Waals surface area contributed by atoms with Gasteiger partial charge in [-0.25, -0.2) is 0 Å². The standard InChI is InChI=1S/C10H14O2/c1-8-3-4-9(5-6-11)7-10(8)12-2/h3-4,7,11H,5-6H2,1-2H3. The van der Waals surface area contributed by atoms with Gasteiger partial charge < -0.3 is 9.84 Å². The predicted octanol–water partition coefficient (Wildman–Crippen LogP) is 1.54. The van der Waals surface area contributed by atoms with Gasteiger partial charge in [0, 0.05) is 6.61 Å². The Bertz CT molecular complexity index is 256. The first-order valence-corrected chi connectivity index (χ1v) is 4.02. The van der Waals surface area contributed by atoms with Gasteiger partial charge in [-0.1, -0.05) is 12.1 Å². The molecule has 0 aliphatic rings. The highest BCUT2D eigenvalue weighted by Crippen LogP contribution is 2.18. The maximum atomic E-state index is 8.71. The number of aliphatic hydroxyl groups is 1. The molecule has 1 aromatic carbocycles. The number of hydrogen-bond acceptors (Lipinski definition) is 2. The average Bonchev–Trinajstić information content (AvgIpc) is 2.09. The molecule has 2 heteroatoms. The van der Waals surface area contributed by atoms with E-state index in [1.165, 1.54) is 0 Å². The smallest absolute Gasteiger partial charge is 0.122 e. The zero-order chi connectivity index (χ0) is 8.97. The fourth-order valence-corrected chi connectivity index (χ4v) is 1.15. The Morgan fingerprint density at radius 3 is 2.75 bits per heavy atom. The summed E-state index contributed by atoms with van der Waals surface area (Å²) in [6.45, 7) is 2.19. The van der Waals surface area contributed by atoms with Crippen LogP contribution in [0.3, 0.4) is 0 Å². The zero-order valence-electron chi connectivity index (χ0n) is 7.50. The Hall–Kier alpha value is -1.02. The first kappa shape index (κ1) is 9.07. The maximum Gasteiger partial charge on any atom is 0.122 e. The molecule has 0 saturated carbocycles. The van der Waals surface area contributed by atoms with E-state index in [9.17, 15) is 0 Å². The van der Waals surface area contributed by atoms with E-state index in [-0.39, 0.29) is 6.61 Å². The Balaban J connectivity index is 2.89. The van der Waals surface area contributed by atoms with Gasteiger partial charge in [0.2, 0.25) is 0 Å². The van der Waals surface area contributed by atoms with Crippen LogP contribution in [0.5, 0.6) is 5.75 Å². The lowest BCUT2D eigenvalue weighted by molar-refractivity contribution is 0.299. The number of methoxy groups -OCH3 is 1. The summed E-state index contributed by atoms with van der Waals surface area (Å²) in [5.41, 5.74) is 2.24. The molecule has 0 radical (unpaired) electrons. The summed E-state index contributed by atoms with van der Waals surface area (Å²) in [5, 5.41) is 8.71. The van der Waals surface area contributed by atoms with Crippen LogP contribution in [-0.4, -0.2) is 18.8 Å².